The highest BCUT2D eigenvalue weighted by atomic mass is 16.4. The zero-order chi connectivity index (χ0) is 13.1. The highest BCUT2D eigenvalue weighted by Gasteiger charge is 2.22. The van der Waals surface area contributed by atoms with Crippen LogP contribution in [0, 0.1) is 0 Å². The van der Waals surface area contributed by atoms with Gasteiger partial charge in [0, 0.05) is 25.6 Å². The van der Waals surface area contributed by atoms with E-state index in [2.05, 4.69) is 0 Å². The molecule has 1 amide bonds. The second-order valence-electron chi connectivity index (χ2n) is 4.61. The Hall–Kier alpha value is -1.84. The van der Waals surface area contributed by atoms with Gasteiger partial charge in [0.15, 0.2) is 0 Å². The van der Waals surface area contributed by atoms with Gasteiger partial charge >= 0.3 is 5.97 Å². The molecule has 1 aliphatic heterocycles. The smallest absolute Gasteiger partial charge is 0.303 e. The molecular weight excluding hydrogens is 230 g/mol. The van der Waals surface area contributed by atoms with Crippen molar-refractivity contribution in [3.05, 3.63) is 29.3 Å². The molecule has 0 fully saturated rings. The van der Waals surface area contributed by atoms with Gasteiger partial charge in [0.1, 0.15) is 0 Å². The van der Waals surface area contributed by atoms with Crippen LogP contribution < -0.4 is 4.90 Å². The van der Waals surface area contributed by atoms with Gasteiger partial charge < -0.3 is 10.0 Å². The van der Waals surface area contributed by atoms with E-state index in [4.69, 9.17) is 5.11 Å². The van der Waals surface area contributed by atoms with Crippen molar-refractivity contribution in [1.82, 2.24) is 0 Å². The van der Waals surface area contributed by atoms with Crippen molar-refractivity contribution in [1.29, 1.82) is 0 Å². The molecule has 0 aliphatic carbocycles. The van der Waals surface area contributed by atoms with Gasteiger partial charge in [0.25, 0.3) is 0 Å². The van der Waals surface area contributed by atoms with E-state index in [9.17, 15) is 9.59 Å². The molecular formula is C14H17NO3. The second kappa shape index (κ2) is 5.21. The summed E-state index contributed by atoms with van der Waals surface area (Å²) in [6.45, 7) is 0. The molecule has 1 aliphatic rings. The summed E-state index contributed by atoms with van der Waals surface area (Å²) in [6.07, 6.45) is 2.90. The zero-order valence-electron chi connectivity index (χ0n) is 10.5. The predicted molar refractivity (Wildman–Crippen MR) is 68.7 cm³/mol. The lowest BCUT2D eigenvalue weighted by Gasteiger charge is -2.27. The van der Waals surface area contributed by atoms with Crippen LogP contribution in [0.15, 0.2) is 18.2 Å². The Morgan fingerprint density at radius 2 is 2.17 bits per heavy atom. The molecule has 0 atom stereocenters. The van der Waals surface area contributed by atoms with Crippen LogP contribution in [0.25, 0.3) is 0 Å². The first kappa shape index (κ1) is 12.6. The van der Waals surface area contributed by atoms with E-state index in [-0.39, 0.29) is 12.3 Å². The number of benzene rings is 1. The topological polar surface area (TPSA) is 57.6 Å². The lowest BCUT2D eigenvalue weighted by atomic mass is 9.93. The monoisotopic (exact) mass is 247 g/mol. The average molecular weight is 247 g/mol. The first-order valence-electron chi connectivity index (χ1n) is 6.18. The number of hydrogen-bond acceptors (Lipinski definition) is 2. The van der Waals surface area contributed by atoms with E-state index >= 15 is 0 Å². The minimum Gasteiger partial charge on any atom is -0.481 e. The number of aliphatic carboxylic acids is 1. The number of nitrogens with zero attached hydrogens (tertiary/aromatic N) is 1. The van der Waals surface area contributed by atoms with Crippen LogP contribution in [0.5, 0.6) is 0 Å². The number of carboxylic acid groups (broad SMARTS) is 1. The maximum atomic E-state index is 11.6. The molecule has 0 spiro atoms. The highest BCUT2D eigenvalue weighted by Crippen LogP contribution is 2.30. The fraction of sp³-hybridized carbons (Fsp3) is 0.429. The maximum Gasteiger partial charge on any atom is 0.303 e. The minimum atomic E-state index is -0.757. The van der Waals surface area contributed by atoms with Crippen molar-refractivity contribution in [2.75, 3.05) is 11.9 Å². The molecule has 4 nitrogen and oxygen atoms in total. The van der Waals surface area contributed by atoms with Crippen molar-refractivity contribution >= 4 is 17.6 Å². The van der Waals surface area contributed by atoms with E-state index in [0.29, 0.717) is 12.8 Å². The van der Waals surface area contributed by atoms with Gasteiger partial charge in [-0.25, -0.2) is 0 Å². The molecule has 18 heavy (non-hydrogen) atoms. The Balaban J connectivity index is 2.18. The molecule has 1 N–H and O–H groups in total. The first-order chi connectivity index (χ1) is 8.59. The van der Waals surface area contributed by atoms with Crippen molar-refractivity contribution in [3.8, 4) is 0 Å². The fourth-order valence-corrected chi connectivity index (χ4v) is 2.42. The summed E-state index contributed by atoms with van der Waals surface area (Å²) in [6, 6.07) is 5.92. The summed E-state index contributed by atoms with van der Waals surface area (Å²) in [5.41, 5.74) is 3.34. The molecule has 0 radical (unpaired) electrons. The van der Waals surface area contributed by atoms with Crippen molar-refractivity contribution in [3.63, 3.8) is 0 Å². The third-order valence-corrected chi connectivity index (χ3v) is 3.41. The first-order valence-corrected chi connectivity index (χ1v) is 6.18. The van der Waals surface area contributed by atoms with Crippen molar-refractivity contribution in [2.45, 2.75) is 32.1 Å². The summed E-state index contributed by atoms with van der Waals surface area (Å²) >= 11 is 0. The van der Waals surface area contributed by atoms with Gasteiger partial charge in [-0.05, 0) is 36.5 Å². The second-order valence-corrected chi connectivity index (χ2v) is 4.61. The fourth-order valence-electron chi connectivity index (χ4n) is 2.42. The van der Waals surface area contributed by atoms with E-state index in [1.807, 2.05) is 18.2 Å². The zero-order valence-corrected chi connectivity index (χ0v) is 10.5. The summed E-state index contributed by atoms with van der Waals surface area (Å²) < 4.78 is 0. The summed E-state index contributed by atoms with van der Waals surface area (Å²) in [7, 11) is 1.79. The Morgan fingerprint density at radius 3 is 2.89 bits per heavy atom. The number of carboxylic acids is 1. The Kier molecular flexibility index (Phi) is 3.65. The van der Waals surface area contributed by atoms with Gasteiger partial charge in [0.05, 0.1) is 0 Å². The van der Waals surface area contributed by atoms with Gasteiger partial charge in [-0.3, -0.25) is 9.59 Å². The summed E-state index contributed by atoms with van der Waals surface area (Å²) in [5.74, 6) is -0.614. The lowest BCUT2D eigenvalue weighted by Crippen LogP contribution is -2.31. The van der Waals surface area contributed by atoms with Crippen molar-refractivity contribution in [2.24, 2.45) is 0 Å². The molecule has 1 heterocycles. The largest absolute Gasteiger partial charge is 0.481 e. The third-order valence-electron chi connectivity index (χ3n) is 3.41. The van der Waals surface area contributed by atoms with Crippen molar-refractivity contribution < 1.29 is 14.7 Å². The van der Waals surface area contributed by atoms with Crippen LogP contribution in [-0.4, -0.2) is 24.0 Å². The maximum absolute atomic E-state index is 11.6. The van der Waals surface area contributed by atoms with E-state index < -0.39 is 5.97 Å². The number of amides is 1. The molecule has 0 saturated carbocycles. The standard InChI is InChI=1S/C14H17NO3/c1-15-12-6-2-4-10(5-3-7-14(17)18)11(12)8-9-13(15)16/h2,4,6H,3,5,7-9H2,1H3,(H,17,18). The quantitative estimate of drug-likeness (QED) is 0.885. The molecule has 1 aromatic rings. The molecule has 0 bridgehead atoms. The predicted octanol–water partition coefficient (Wildman–Crippen LogP) is 2.00. The van der Waals surface area contributed by atoms with E-state index in [1.54, 1.807) is 11.9 Å². The lowest BCUT2D eigenvalue weighted by molar-refractivity contribution is -0.137. The van der Waals surface area contributed by atoms with Gasteiger partial charge in [-0.1, -0.05) is 12.1 Å². The summed E-state index contributed by atoms with van der Waals surface area (Å²) in [5, 5.41) is 8.65. The number of aryl methyl sites for hydroxylation is 1. The summed E-state index contributed by atoms with van der Waals surface area (Å²) in [4.78, 5) is 23.8. The number of anilines is 1. The van der Waals surface area contributed by atoms with Crippen LogP contribution in [0.1, 0.15) is 30.4 Å². The third kappa shape index (κ3) is 2.53. The Labute approximate surface area is 106 Å². The number of carbonyl (C=O) groups is 2. The van der Waals surface area contributed by atoms with Gasteiger partial charge in [0.2, 0.25) is 5.91 Å². The van der Waals surface area contributed by atoms with Gasteiger partial charge in [-0.2, -0.15) is 0 Å². The van der Waals surface area contributed by atoms with Crippen LogP contribution in [0.2, 0.25) is 0 Å². The number of fused-ring (bicyclic) bond motifs is 1. The van der Waals surface area contributed by atoms with E-state index in [0.717, 1.165) is 18.5 Å². The normalized spacial score (nSPS) is 14.5. The average Bonchev–Trinajstić information content (AvgIpc) is 2.34. The molecule has 0 saturated heterocycles. The molecule has 96 valence electrons. The minimum absolute atomic E-state index is 0.144. The molecule has 1 aromatic carbocycles. The molecule has 2 rings (SSSR count). The SMILES string of the molecule is CN1C(=O)CCc2c(CCCC(=O)O)cccc21. The van der Waals surface area contributed by atoms with Crippen LogP contribution in [0.3, 0.4) is 0 Å². The number of hydrogen-bond donors (Lipinski definition) is 1. The number of rotatable bonds is 4. The van der Waals surface area contributed by atoms with E-state index in [1.165, 1.54) is 11.1 Å². The van der Waals surface area contributed by atoms with Crippen LogP contribution in [0.4, 0.5) is 5.69 Å². The Bertz CT molecular complexity index is 482. The molecule has 0 unspecified atom stereocenters. The highest BCUT2D eigenvalue weighted by molar-refractivity contribution is 5.96. The number of carbonyl (C=O) groups excluding carboxylic acids is 1. The van der Waals surface area contributed by atoms with Gasteiger partial charge in [-0.15, -0.1) is 0 Å². The van der Waals surface area contributed by atoms with Crippen LogP contribution in [-0.2, 0) is 22.4 Å². The molecule has 0 aromatic heterocycles. The van der Waals surface area contributed by atoms with Crippen LogP contribution >= 0.6 is 0 Å². The Morgan fingerprint density at radius 1 is 1.39 bits per heavy atom. The molecule has 4 heteroatoms.